The Hall–Kier alpha value is -3.40. The van der Waals surface area contributed by atoms with Crippen LogP contribution in [0, 0.1) is 0 Å². The van der Waals surface area contributed by atoms with Gasteiger partial charge in [-0.05, 0) is 88.4 Å². The molecule has 0 fully saturated rings. The zero-order valence-corrected chi connectivity index (χ0v) is 30.2. The maximum Gasteiger partial charge on any atom is 0.303 e. The van der Waals surface area contributed by atoms with Gasteiger partial charge in [-0.25, -0.2) is 16.8 Å². The third-order valence-electron chi connectivity index (χ3n) is 9.71. The molecule has 0 spiro atoms. The van der Waals surface area contributed by atoms with Crippen LogP contribution in [0.1, 0.15) is 70.4 Å². The fourth-order valence-electron chi connectivity index (χ4n) is 7.05. The van der Waals surface area contributed by atoms with Crippen LogP contribution in [-0.2, 0) is 45.3 Å². The van der Waals surface area contributed by atoms with Crippen LogP contribution >= 0.6 is 0 Å². The van der Waals surface area contributed by atoms with Crippen LogP contribution in [0.25, 0.3) is 0 Å². The van der Waals surface area contributed by atoms with Crippen molar-refractivity contribution in [3.05, 3.63) is 71.5 Å². The molecule has 0 aliphatic carbocycles. The maximum absolute atomic E-state index is 12.1. The van der Waals surface area contributed by atoms with Gasteiger partial charge in [-0.1, -0.05) is 6.08 Å². The summed E-state index contributed by atoms with van der Waals surface area (Å²) in [6, 6.07) is 8.86. The normalized spacial score (nSPS) is 21.6. The van der Waals surface area contributed by atoms with Gasteiger partial charge in [-0.3, -0.25) is 4.79 Å². The molecule has 2 atom stereocenters. The number of benzene rings is 2. The number of anilines is 1. The van der Waals surface area contributed by atoms with Gasteiger partial charge in [0.15, 0.2) is 5.71 Å². The van der Waals surface area contributed by atoms with Gasteiger partial charge in [0, 0.05) is 81.3 Å². The van der Waals surface area contributed by atoms with Crippen molar-refractivity contribution in [2.45, 2.75) is 79.9 Å². The van der Waals surface area contributed by atoms with E-state index in [1.807, 2.05) is 39.0 Å². The Bertz CT molecular complexity index is 1880. The summed E-state index contributed by atoms with van der Waals surface area (Å²) in [5.41, 5.74) is 3.24. The Kier molecular flexibility index (Phi) is 11.9. The minimum absolute atomic E-state index is 0.0668. The Morgan fingerprint density at radius 1 is 0.898 bits per heavy atom. The van der Waals surface area contributed by atoms with E-state index < -0.39 is 37.0 Å². The average Bonchev–Trinajstić information content (AvgIpc) is 3.41. The highest BCUT2D eigenvalue weighted by Crippen LogP contribution is 2.51. The van der Waals surface area contributed by atoms with Crippen molar-refractivity contribution in [3.63, 3.8) is 0 Å². The zero-order valence-electron chi connectivity index (χ0n) is 28.6. The predicted molar refractivity (Wildman–Crippen MR) is 183 cm³/mol. The molecule has 2 aliphatic heterocycles. The first-order chi connectivity index (χ1) is 23.0. The molecular weight excluding hydrogens is 673 g/mol. The average molecular weight is 718 g/mol. The lowest BCUT2D eigenvalue weighted by atomic mass is 9.76. The number of aliphatic carboxylic acids is 1. The van der Waals surface area contributed by atoms with E-state index in [1.54, 1.807) is 26.4 Å². The smallest absolute Gasteiger partial charge is 0.303 e. The molecule has 0 bridgehead atoms. The minimum atomic E-state index is -4.72. The molecule has 0 radical (unpaired) electrons. The number of methoxy groups -OCH3 is 2. The van der Waals surface area contributed by atoms with E-state index in [-0.39, 0.29) is 16.2 Å². The highest BCUT2D eigenvalue weighted by Gasteiger charge is 2.48. The number of rotatable bonds is 17. The fourth-order valence-corrected chi connectivity index (χ4v) is 8.04. The van der Waals surface area contributed by atoms with Crippen molar-refractivity contribution in [2.24, 2.45) is 0 Å². The number of ether oxygens (including phenoxy) is 2. The molecule has 0 saturated heterocycles. The number of hydrogen-bond donors (Lipinski definition) is 1. The molecule has 0 aromatic heterocycles. The molecule has 12 nitrogen and oxygen atoms in total. The van der Waals surface area contributed by atoms with Crippen LogP contribution in [0.4, 0.5) is 11.4 Å². The van der Waals surface area contributed by atoms with Crippen LogP contribution in [-0.4, -0.2) is 87.8 Å². The summed E-state index contributed by atoms with van der Waals surface area (Å²) in [7, 11) is -6.24. The number of allylic oxidation sites excluding steroid dienone is 4. The van der Waals surface area contributed by atoms with Crippen molar-refractivity contribution in [2.75, 3.05) is 45.4 Å². The molecule has 0 saturated carbocycles. The molecule has 14 heteroatoms. The summed E-state index contributed by atoms with van der Waals surface area (Å²) in [5, 5.41) is 9.09. The number of fused-ring (bicyclic) bond motifs is 2. The van der Waals surface area contributed by atoms with E-state index in [4.69, 9.17) is 14.6 Å². The van der Waals surface area contributed by atoms with Crippen molar-refractivity contribution in [1.82, 2.24) is 0 Å². The van der Waals surface area contributed by atoms with Gasteiger partial charge < -0.3 is 28.6 Å². The summed E-state index contributed by atoms with van der Waals surface area (Å²) in [4.78, 5) is 12.5. The van der Waals surface area contributed by atoms with Crippen molar-refractivity contribution in [3.8, 4) is 0 Å². The van der Waals surface area contributed by atoms with Crippen molar-refractivity contribution < 1.29 is 49.9 Å². The first-order valence-corrected chi connectivity index (χ1v) is 19.1. The van der Waals surface area contributed by atoms with Gasteiger partial charge in [-0.15, -0.1) is 0 Å². The summed E-state index contributed by atoms with van der Waals surface area (Å²) < 4.78 is 85.1. The van der Waals surface area contributed by atoms with E-state index in [9.17, 15) is 30.7 Å². The van der Waals surface area contributed by atoms with Gasteiger partial charge in [0.25, 0.3) is 0 Å². The van der Waals surface area contributed by atoms with Gasteiger partial charge in [0.1, 0.15) is 26.8 Å². The van der Waals surface area contributed by atoms with E-state index in [1.165, 1.54) is 24.3 Å². The Balaban J connectivity index is 1.86. The standard InChI is InChI=1S/C35H46N2O10S2/c1-6-36-29-16-14-25(48(40,41)42)23-27(29)34(2,18-21-46-4)31(36)11-10-12-32-35(3,19-22-47-5)28-24-26(49(43,44)45)15-17-30(28)37(32)20-9-7-8-13-33(38)39/h10-12,14-17,23-24H,6-9,13,18-22H2,1-5H3,(H2-,38,39,40,41,42,43,44,45)/p-1. The van der Waals surface area contributed by atoms with E-state index in [0.29, 0.717) is 69.5 Å². The molecule has 2 aliphatic rings. The quantitative estimate of drug-likeness (QED) is 0.135. The predicted octanol–water partition coefficient (Wildman–Crippen LogP) is 4.81. The number of carboxylic acid groups (broad SMARTS) is 1. The summed E-state index contributed by atoms with van der Waals surface area (Å²) in [6.07, 6.45) is 8.77. The first-order valence-electron chi connectivity index (χ1n) is 16.2. The van der Waals surface area contributed by atoms with Crippen LogP contribution < -0.4 is 4.90 Å². The topological polar surface area (TPSA) is 176 Å². The number of hydrogen-bond acceptors (Lipinski definition) is 10. The molecule has 2 aromatic carbocycles. The monoisotopic (exact) mass is 717 g/mol. The third-order valence-corrected chi connectivity index (χ3v) is 11.4. The second-order valence-corrected chi connectivity index (χ2v) is 15.6. The van der Waals surface area contributed by atoms with Crippen LogP contribution in [0.3, 0.4) is 0 Å². The van der Waals surface area contributed by atoms with E-state index >= 15 is 0 Å². The number of likely N-dealkylation sites (N-methyl/N-ethyl adjacent to an activating group) is 1. The second-order valence-electron chi connectivity index (χ2n) is 12.8. The maximum atomic E-state index is 12.1. The fraction of sp³-hybridized carbons (Fsp3) is 0.486. The van der Waals surface area contributed by atoms with E-state index in [2.05, 4.69) is 9.48 Å². The molecular formula is C35H45N2O10S2-. The summed E-state index contributed by atoms with van der Waals surface area (Å²) >= 11 is 0. The molecule has 268 valence electrons. The molecule has 0 amide bonds. The molecule has 4 rings (SSSR count). The number of unbranched alkanes of at least 4 members (excludes halogenated alkanes) is 2. The Labute approximate surface area is 289 Å². The van der Waals surface area contributed by atoms with Crippen molar-refractivity contribution in [1.29, 1.82) is 0 Å². The second kappa shape index (κ2) is 15.2. The first kappa shape index (κ1) is 38.4. The number of nitrogens with zero attached hydrogens (tertiary/aromatic N) is 2. The zero-order chi connectivity index (χ0) is 36.2. The van der Waals surface area contributed by atoms with E-state index in [0.717, 1.165) is 22.8 Å². The summed E-state index contributed by atoms with van der Waals surface area (Å²) in [6.45, 7) is 7.80. The van der Waals surface area contributed by atoms with Crippen molar-refractivity contribution >= 4 is 43.3 Å². The highest BCUT2D eigenvalue weighted by molar-refractivity contribution is 7.86. The Morgan fingerprint density at radius 3 is 2.06 bits per heavy atom. The van der Waals surface area contributed by atoms with Gasteiger partial charge in [0.2, 0.25) is 5.69 Å². The largest absolute Gasteiger partial charge is 0.744 e. The van der Waals surface area contributed by atoms with Crippen LogP contribution in [0.15, 0.2) is 70.1 Å². The highest BCUT2D eigenvalue weighted by atomic mass is 32.2. The number of carboxylic acids is 1. The minimum Gasteiger partial charge on any atom is -0.744 e. The molecule has 49 heavy (non-hydrogen) atoms. The molecule has 2 aromatic rings. The molecule has 2 unspecified atom stereocenters. The van der Waals surface area contributed by atoms with Gasteiger partial charge >= 0.3 is 5.97 Å². The lowest BCUT2D eigenvalue weighted by Gasteiger charge is -2.29. The number of carbonyl (C=O) groups is 1. The lowest BCUT2D eigenvalue weighted by molar-refractivity contribution is -0.438. The van der Waals surface area contributed by atoms with Gasteiger partial charge in [-0.2, -0.15) is 4.58 Å². The Morgan fingerprint density at radius 2 is 1.49 bits per heavy atom. The van der Waals surface area contributed by atoms with Crippen LogP contribution in [0.2, 0.25) is 0 Å². The molecule has 2 heterocycles. The van der Waals surface area contributed by atoms with Gasteiger partial charge in [0.05, 0.1) is 15.2 Å². The third kappa shape index (κ3) is 8.00. The molecule has 1 N–H and O–H groups in total. The summed E-state index contributed by atoms with van der Waals surface area (Å²) in [5.74, 6) is -0.855. The van der Waals surface area contributed by atoms with Crippen LogP contribution in [0.5, 0.6) is 0 Å². The SMILES string of the molecule is CCN1/C(=C/C=C/C2=[N+](CCCCCC(=O)O)c3ccc(S(=O)(=O)[O-])cc3C2(C)CCOC)C(C)(CCOC)c2cc(S(=O)(=O)[O-])ccc21. The lowest BCUT2D eigenvalue weighted by Crippen LogP contribution is -2.33.